The second kappa shape index (κ2) is 10.4. The summed E-state index contributed by atoms with van der Waals surface area (Å²) in [5.41, 5.74) is 7.06. The monoisotopic (exact) mass is 510 g/mol. The Bertz CT molecular complexity index is 1520. The number of nitrogens with zero attached hydrogens (tertiary/aromatic N) is 4. The minimum Gasteiger partial charge on any atom is -0.493 e. The zero-order valence-corrected chi connectivity index (χ0v) is 22.1. The Hall–Kier alpha value is -4.66. The van der Waals surface area contributed by atoms with Crippen LogP contribution in [0.15, 0.2) is 71.9 Å². The van der Waals surface area contributed by atoms with Crippen LogP contribution in [0.2, 0.25) is 0 Å². The maximum absolute atomic E-state index is 13.7. The van der Waals surface area contributed by atoms with Crippen LogP contribution in [0.4, 0.5) is 11.6 Å². The van der Waals surface area contributed by atoms with E-state index in [-0.39, 0.29) is 5.91 Å². The van der Waals surface area contributed by atoms with Crippen molar-refractivity contribution in [2.75, 3.05) is 17.7 Å². The van der Waals surface area contributed by atoms with Gasteiger partial charge in [0.25, 0.3) is 5.91 Å². The average Bonchev–Trinajstić information content (AvgIpc) is 3.37. The van der Waals surface area contributed by atoms with E-state index in [2.05, 4.69) is 45.2 Å². The molecule has 0 fully saturated rings. The number of allylic oxidation sites excluding steroid dienone is 1. The molecular weight excluding hydrogens is 480 g/mol. The second-order valence-corrected chi connectivity index (χ2v) is 9.47. The van der Waals surface area contributed by atoms with Gasteiger partial charge in [0, 0.05) is 11.4 Å². The maximum atomic E-state index is 13.7. The van der Waals surface area contributed by atoms with Gasteiger partial charge in [-0.2, -0.15) is 4.68 Å². The number of anilines is 2. The zero-order chi connectivity index (χ0) is 26.8. The topological polar surface area (TPSA) is 103 Å². The third kappa shape index (κ3) is 4.95. The number of amides is 1. The lowest BCUT2D eigenvalue weighted by Crippen LogP contribution is -2.31. The number of carbonyl (C=O) groups is 1. The molecule has 1 atom stereocenters. The lowest BCUT2D eigenvalue weighted by Gasteiger charge is -2.28. The Morgan fingerprint density at radius 1 is 0.974 bits per heavy atom. The molecule has 4 aromatic rings. The molecule has 2 heterocycles. The quantitative estimate of drug-likeness (QED) is 0.356. The molecular formula is C29H30N6O3. The Kier molecular flexibility index (Phi) is 6.83. The van der Waals surface area contributed by atoms with E-state index in [1.165, 1.54) is 5.56 Å². The normalized spacial score (nSPS) is 14.5. The third-order valence-electron chi connectivity index (χ3n) is 6.61. The molecule has 2 N–H and O–H groups in total. The molecule has 1 aliphatic heterocycles. The smallest absolute Gasteiger partial charge is 0.255 e. The summed E-state index contributed by atoms with van der Waals surface area (Å²) in [5.74, 6) is 1.36. The van der Waals surface area contributed by atoms with Gasteiger partial charge in [0.15, 0.2) is 11.5 Å². The molecule has 0 saturated heterocycles. The lowest BCUT2D eigenvalue weighted by molar-refractivity contribution is -0.113. The van der Waals surface area contributed by atoms with Crippen molar-refractivity contribution in [3.8, 4) is 11.5 Å². The molecule has 5 rings (SSSR count). The Labute approximate surface area is 221 Å². The van der Waals surface area contributed by atoms with E-state index in [0.29, 0.717) is 35.3 Å². The summed E-state index contributed by atoms with van der Waals surface area (Å²) in [4.78, 5) is 13.7. The van der Waals surface area contributed by atoms with Crippen LogP contribution in [0.1, 0.15) is 40.8 Å². The van der Waals surface area contributed by atoms with Crippen molar-refractivity contribution in [1.82, 2.24) is 20.2 Å². The van der Waals surface area contributed by atoms with E-state index in [9.17, 15) is 4.79 Å². The van der Waals surface area contributed by atoms with Crippen molar-refractivity contribution in [1.29, 1.82) is 0 Å². The number of methoxy groups -OCH3 is 1. The first-order valence-corrected chi connectivity index (χ1v) is 12.3. The number of hydrogen-bond donors (Lipinski definition) is 2. The predicted molar refractivity (Wildman–Crippen MR) is 145 cm³/mol. The fourth-order valence-corrected chi connectivity index (χ4v) is 4.58. The molecule has 38 heavy (non-hydrogen) atoms. The standard InChI is InChI=1S/C29H30N6O3/c1-17-6-9-21(10-7-17)16-38-24-13-11-22(15-25(24)37-5)27-26(20(4)30-29-32-33-34-35(27)29)28(36)31-23-12-8-18(2)14-19(23)3/h6-15,27H,16H2,1-5H3,(H,31,36)(H,30,32,34). The SMILES string of the molecule is COc1cc(C2C(C(=O)Nc3ccc(C)cc3C)=C(C)Nc3nnnn32)ccc1OCc1ccc(C)cc1. The van der Waals surface area contributed by atoms with E-state index in [0.717, 1.165) is 27.9 Å². The largest absolute Gasteiger partial charge is 0.493 e. The van der Waals surface area contributed by atoms with Crippen LogP contribution in [-0.4, -0.2) is 33.2 Å². The first kappa shape index (κ1) is 25.0. The Morgan fingerprint density at radius 3 is 2.47 bits per heavy atom. The number of rotatable bonds is 7. The van der Waals surface area contributed by atoms with Gasteiger partial charge in [-0.25, -0.2) is 0 Å². The van der Waals surface area contributed by atoms with Crippen molar-refractivity contribution in [3.63, 3.8) is 0 Å². The molecule has 194 valence electrons. The summed E-state index contributed by atoms with van der Waals surface area (Å²) >= 11 is 0. The van der Waals surface area contributed by atoms with Gasteiger partial charge in [-0.1, -0.05) is 58.7 Å². The van der Waals surface area contributed by atoms with Crippen LogP contribution < -0.4 is 20.1 Å². The third-order valence-corrected chi connectivity index (χ3v) is 6.61. The van der Waals surface area contributed by atoms with E-state index in [1.54, 1.807) is 11.8 Å². The summed E-state index contributed by atoms with van der Waals surface area (Å²) in [6.45, 7) is 8.30. The molecule has 1 unspecified atom stereocenters. The van der Waals surface area contributed by atoms with Crippen LogP contribution in [0, 0.1) is 20.8 Å². The molecule has 0 spiro atoms. The number of nitrogens with one attached hydrogen (secondary N) is 2. The van der Waals surface area contributed by atoms with Crippen LogP contribution >= 0.6 is 0 Å². The van der Waals surface area contributed by atoms with E-state index < -0.39 is 6.04 Å². The molecule has 1 amide bonds. The fraction of sp³-hybridized carbons (Fsp3) is 0.241. The highest BCUT2D eigenvalue weighted by atomic mass is 16.5. The molecule has 9 nitrogen and oxygen atoms in total. The number of fused-ring (bicyclic) bond motifs is 1. The number of benzene rings is 3. The molecule has 1 aliphatic rings. The minimum absolute atomic E-state index is 0.244. The minimum atomic E-state index is -0.577. The summed E-state index contributed by atoms with van der Waals surface area (Å²) in [6, 6.07) is 19.2. The number of carbonyl (C=O) groups excluding carboxylic acids is 1. The number of aryl methyl sites for hydroxylation is 3. The van der Waals surface area contributed by atoms with Crippen LogP contribution in [0.25, 0.3) is 0 Å². The molecule has 1 aromatic heterocycles. The van der Waals surface area contributed by atoms with E-state index >= 15 is 0 Å². The zero-order valence-electron chi connectivity index (χ0n) is 22.1. The first-order valence-electron chi connectivity index (χ1n) is 12.3. The van der Waals surface area contributed by atoms with Gasteiger partial charge in [-0.3, -0.25) is 4.79 Å². The summed E-state index contributed by atoms with van der Waals surface area (Å²) in [7, 11) is 1.59. The molecule has 3 aromatic carbocycles. The Morgan fingerprint density at radius 2 is 1.74 bits per heavy atom. The predicted octanol–water partition coefficient (Wildman–Crippen LogP) is 5.11. The van der Waals surface area contributed by atoms with Gasteiger partial charge >= 0.3 is 0 Å². The van der Waals surface area contributed by atoms with Crippen LogP contribution in [0.3, 0.4) is 0 Å². The molecule has 9 heteroatoms. The highest BCUT2D eigenvalue weighted by Crippen LogP contribution is 2.39. The Balaban J connectivity index is 1.47. The molecule has 0 radical (unpaired) electrons. The number of aromatic nitrogens is 4. The maximum Gasteiger partial charge on any atom is 0.255 e. The highest BCUT2D eigenvalue weighted by molar-refractivity contribution is 6.06. The number of hydrogen-bond acceptors (Lipinski definition) is 7. The number of ether oxygens (including phenoxy) is 2. The van der Waals surface area contributed by atoms with Crippen LogP contribution in [-0.2, 0) is 11.4 Å². The van der Waals surface area contributed by atoms with Gasteiger partial charge in [0.1, 0.15) is 12.6 Å². The van der Waals surface area contributed by atoms with Gasteiger partial charge in [-0.05, 0) is 73.0 Å². The fourth-order valence-electron chi connectivity index (χ4n) is 4.58. The molecule has 0 bridgehead atoms. The van der Waals surface area contributed by atoms with Crippen molar-refractivity contribution in [2.45, 2.75) is 40.3 Å². The summed E-state index contributed by atoms with van der Waals surface area (Å²) in [5, 5.41) is 18.3. The van der Waals surface area contributed by atoms with E-state index in [4.69, 9.17) is 9.47 Å². The van der Waals surface area contributed by atoms with Gasteiger partial charge in [0.05, 0.1) is 12.7 Å². The summed E-state index contributed by atoms with van der Waals surface area (Å²) in [6.07, 6.45) is 0. The second-order valence-electron chi connectivity index (χ2n) is 9.47. The number of tetrazole rings is 1. The molecule has 0 saturated carbocycles. The van der Waals surface area contributed by atoms with Gasteiger partial charge < -0.3 is 20.1 Å². The summed E-state index contributed by atoms with van der Waals surface area (Å²) < 4.78 is 13.4. The average molecular weight is 511 g/mol. The van der Waals surface area contributed by atoms with Gasteiger partial charge in [-0.15, -0.1) is 0 Å². The van der Waals surface area contributed by atoms with Crippen molar-refractivity contribution < 1.29 is 14.3 Å². The molecule has 0 aliphatic carbocycles. The van der Waals surface area contributed by atoms with Gasteiger partial charge in [0.2, 0.25) is 5.95 Å². The van der Waals surface area contributed by atoms with Crippen molar-refractivity contribution >= 4 is 17.5 Å². The van der Waals surface area contributed by atoms with Crippen molar-refractivity contribution in [3.05, 3.63) is 99.8 Å². The van der Waals surface area contributed by atoms with Crippen molar-refractivity contribution in [2.24, 2.45) is 0 Å². The first-order chi connectivity index (χ1) is 18.3. The lowest BCUT2D eigenvalue weighted by atomic mass is 9.94. The van der Waals surface area contributed by atoms with E-state index in [1.807, 2.05) is 69.3 Å². The highest BCUT2D eigenvalue weighted by Gasteiger charge is 2.34. The van der Waals surface area contributed by atoms with Crippen LogP contribution in [0.5, 0.6) is 11.5 Å².